The number of carbonyl (C=O) groups is 3. The third-order valence-electron chi connectivity index (χ3n) is 6.14. The fourth-order valence-corrected chi connectivity index (χ4v) is 4.61. The zero-order valence-electron chi connectivity index (χ0n) is 19.6. The first-order valence-corrected chi connectivity index (χ1v) is 12.0. The Balaban J connectivity index is 1.99. The highest BCUT2D eigenvalue weighted by atomic mass is 35.5. The number of alkyl halides is 3. The van der Waals surface area contributed by atoms with Gasteiger partial charge in [0.25, 0.3) is 0 Å². The Morgan fingerprint density at radius 3 is 2.42 bits per heavy atom. The zero-order chi connectivity index (χ0) is 26.5. The molecule has 3 N–H and O–H groups in total. The van der Waals surface area contributed by atoms with E-state index in [2.05, 4.69) is 10.3 Å². The molecule has 0 aromatic heterocycles. The van der Waals surface area contributed by atoms with Crippen LogP contribution >= 0.6 is 11.6 Å². The van der Waals surface area contributed by atoms with Gasteiger partial charge in [-0.2, -0.15) is 13.2 Å². The van der Waals surface area contributed by atoms with E-state index < -0.39 is 54.6 Å². The fraction of sp³-hybridized carbons (Fsp3) is 0.385. The van der Waals surface area contributed by atoms with E-state index in [9.17, 15) is 27.6 Å². The molecule has 6 nitrogen and oxygen atoms in total. The van der Waals surface area contributed by atoms with E-state index >= 15 is 0 Å². The van der Waals surface area contributed by atoms with Crippen molar-refractivity contribution in [2.75, 3.05) is 0 Å². The number of nitrogens with two attached hydrogens (primary N) is 1. The van der Waals surface area contributed by atoms with Crippen LogP contribution in [0.5, 0.6) is 0 Å². The molecule has 3 atom stereocenters. The van der Waals surface area contributed by atoms with Gasteiger partial charge >= 0.3 is 6.18 Å². The van der Waals surface area contributed by atoms with Crippen LogP contribution in [0.3, 0.4) is 0 Å². The van der Waals surface area contributed by atoms with Crippen molar-refractivity contribution in [3.05, 3.63) is 70.2 Å². The van der Waals surface area contributed by atoms with Gasteiger partial charge in [0.05, 0.1) is 5.71 Å². The summed E-state index contributed by atoms with van der Waals surface area (Å²) in [6, 6.07) is 14.1. The lowest BCUT2D eigenvalue weighted by Crippen LogP contribution is -2.47. The maximum Gasteiger partial charge on any atom is 0.389 e. The lowest BCUT2D eigenvalue weighted by molar-refractivity contribution is -0.146. The SMILES string of the molecule is CCC[C@H](C(N)=O)[C@@H](CCC(F)(F)F)C(=O)N[C@H]1N=C(c2ccccc2)c2cccc(Cl)c2CC1=O. The van der Waals surface area contributed by atoms with Crippen molar-refractivity contribution >= 4 is 34.9 Å². The Morgan fingerprint density at radius 2 is 1.81 bits per heavy atom. The lowest BCUT2D eigenvalue weighted by Gasteiger charge is -2.25. The first-order valence-electron chi connectivity index (χ1n) is 11.6. The minimum Gasteiger partial charge on any atom is -0.369 e. The topological polar surface area (TPSA) is 102 Å². The molecule has 0 fully saturated rings. The summed E-state index contributed by atoms with van der Waals surface area (Å²) in [6.45, 7) is 1.74. The molecular formula is C26H27ClF3N3O3. The van der Waals surface area contributed by atoms with Crippen LogP contribution in [0.2, 0.25) is 5.02 Å². The summed E-state index contributed by atoms with van der Waals surface area (Å²) in [5.41, 5.74) is 7.69. The number of benzene rings is 2. The van der Waals surface area contributed by atoms with Crippen molar-refractivity contribution in [3.63, 3.8) is 0 Å². The maximum atomic E-state index is 13.3. The van der Waals surface area contributed by atoms with Gasteiger partial charge in [-0.15, -0.1) is 0 Å². The van der Waals surface area contributed by atoms with E-state index in [-0.39, 0.29) is 12.8 Å². The van der Waals surface area contributed by atoms with Crippen molar-refractivity contribution < 1.29 is 27.6 Å². The molecule has 2 aromatic carbocycles. The normalized spacial score (nSPS) is 17.4. The summed E-state index contributed by atoms with van der Waals surface area (Å²) in [7, 11) is 0. The van der Waals surface area contributed by atoms with Crippen LogP contribution in [-0.4, -0.2) is 35.7 Å². The van der Waals surface area contributed by atoms with E-state index in [0.29, 0.717) is 33.8 Å². The van der Waals surface area contributed by atoms with Gasteiger partial charge in [-0.05, 0) is 24.5 Å². The molecule has 192 valence electrons. The Hall–Kier alpha value is -3.20. The Labute approximate surface area is 212 Å². The third-order valence-corrected chi connectivity index (χ3v) is 6.49. The second-order valence-corrected chi connectivity index (χ2v) is 9.13. The number of fused-ring (bicyclic) bond motifs is 1. The highest BCUT2D eigenvalue weighted by Gasteiger charge is 2.38. The second kappa shape index (κ2) is 11.7. The first-order chi connectivity index (χ1) is 17.0. The van der Waals surface area contributed by atoms with E-state index in [1.807, 2.05) is 6.07 Å². The molecule has 10 heteroatoms. The molecule has 0 aliphatic carbocycles. The highest BCUT2D eigenvalue weighted by molar-refractivity contribution is 6.32. The van der Waals surface area contributed by atoms with Crippen LogP contribution in [0.25, 0.3) is 0 Å². The number of primary amides is 1. The van der Waals surface area contributed by atoms with Crippen LogP contribution in [-0.2, 0) is 20.8 Å². The van der Waals surface area contributed by atoms with Gasteiger partial charge in [0, 0.05) is 40.8 Å². The van der Waals surface area contributed by atoms with Crippen LogP contribution in [0.4, 0.5) is 13.2 Å². The van der Waals surface area contributed by atoms with Gasteiger partial charge in [-0.1, -0.05) is 67.4 Å². The molecule has 0 saturated heterocycles. The predicted molar refractivity (Wildman–Crippen MR) is 131 cm³/mol. The van der Waals surface area contributed by atoms with Crippen molar-refractivity contribution in [1.82, 2.24) is 5.32 Å². The van der Waals surface area contributed by atoms with Gasteiger partial charge in [0.15, 0.2) is 11.9 Å². The van der Waals surface area contributed by atoms with Gasteiger partial charge < -0.3 is 11.1 Å². The minimum absolute atomic E-state index is 0.138. The fourth-order valence-electron chi connectivity index (χ4n) is 4.37. The van der Waals surface area contributed by atoms with Crippen LogP contribution < -0.4 is 11.1 Å². The van der Waals surface area contributed by atoms with Crippen molar-refractivity contribution in [2.24, 2.45) is 22.6 Å². The number of nitrogens with one attached hydrogen (secondary N) is 1. The molecule has 0 spiro atoms. The third kappa shape index (κ3) is 6.72. The molecule has 2 amide bonds. The molecule has 1 aliphatic heterocycles. The van der Waals surface area contributed by atoms with Gasteiger partial charge in [0.1, 0.15) is 0 Å². The van der Waals surface area contributed by atoms with Crippen molar-refractivity contribution in [3.8, 4) is 0 Å². The number of hydrogen-bond acceptors (Lipinski definition) is 4. The van der Waals surface area contributed by atoms with Crippen LogP contribution in [0.1, 0.15) is 49.3 Å². The molecule has 1 heterocycles. The summed E-state index contributed by atoms with van der Waals surface area (Å²) in [4.78, 5) is 43.0. The van der Waals surface area contributed by atoms with Gasteiger partial charge in [-0.3, -0.25) is 19.4 Å². The van der Waals surface area contributed by atoms with Crippen molar-refractivity contribution in [1.29, 1.82) is 0 Å². The summed E-state index contributed by atoms with van der Waals surface area (Å²) in [6.07, 6.45) is -7.36. The average Bonchev–Trinajstić information content (AvgIpc) is 2.95. The standard InChI is InChI=1S/C26H27ClF3N3O3/c1-2-7-17(23(31)35)18(12-13-26(28,29)30)25(36)33-24-21(34)14-19-16(10-6-11-20(19)27)22(32-24)15-8-4-3-5-9-15/h3-6,8-11,17-18,24H,2,7,12-14H2,1H3,(H2,31,35)(H,33,36)/t17-,18+,24+/m0/s1. The summed E-state index contributed by atoms with van der Waals surface area (Å²) >= 11 is 6.38. The number of halogens is 4. The molecule has 0 saturated carbocycles. The molecule has 0 radical (unpaired) electrons. The lowest BCUT2D eigenvalue weighted by atomic mass is 9.83. The Kier molecular flexibility index (Phi) is 8.89. The minimum atomic E-state index is -4.53. The van der Waals surface area contributed by atoms with Crippen LogP contribution in [0, 0.1) is 11.8 Å². The molecule has 36 heavy (non-hydrogen) atoms. The number of aliphatic imine (C=N–C) groups is 1. The van der Waals surface area contributed by atoms with E-state index in [4.69, 9.17) is 17.3 Å². The van der Waals surface area contributed by atoms with Gasteiger partial charge in [0.2, 0.25) is 11.8 Å². The monoisotopic (exact) mass is 521 g/mol. The number of Topliss-reactive ketones (excluding diaryl/α,β-unsaturated/α-hetero) is 1. The number of carbonyl (C=O) groups excluding carboxylic acids is 3. The zero-order valence-corrected chi connectivity index (χ0v) is 20.4. The molecule has 3 rings (SSSR count). The number of rotatable bonds is 9. The number of hydrogen-bond donors (Lipinski definition) is 2. The molecule has 1 aliphatic rings. The van der Waals surface area contributed by atoms with E-state index in [1.54, 1.807) is 49.4 Å². The Morgan fingerprint density at radius 1 is 1.11 bits per heavy atom. The van der Waals surface area contributed by atoms with Gasteiger partial charge in [-0.25, -0.2) is 0 Å². The smallest absolute Gasteiger partial charge is 0.369 e. The number of amides is 2. The largest absolute Gasteiger partial charge is 0.389 e. The highest BCUT2D eigenvalue weighted by Crippen LogP contribution is 2.31. The quantitative estimate of drug-likeness (QED) is 0.504. The maximum absolute atomic E-state index is 13.3. The summed E-state index contributed by atoms with van der Waals surface area (Å²) in [5.74, 6) is -4.68. The number of ketones is 1. The van der Waals surface area contributed by atoms with E-state index in [1.165, 1.54) is 0 Å². The molecular weight excluding hydrogens is 495 g/mol. The second-order valence-electron chi connectivity index (χ2n) is 8.72. The van der Waals surface area contributed by atoms with Crippen molar-refractivity contribution in [2.45, 2.75) is 51.4 Å². The van der Waals surface area contributed by atoms with Crippen LogP contribution in [0.15, 0.2) is 53.5 Å². The number of nitrogens with zero attached hydrogens (tertiary/aromatic N) is 1. The molecule has 2 aromatic rings. The predicted octanol–water partition coefficient (Wildman–Crippen LogP) is 4.61. The molecule has 0 bridgehead atoms. The Bertz CT molecular complexity index is 1150. The average molecular weight is 522 g/mol. The summed E-state index contributed by atoms with van der Waals surface area (Å²) < 4.78 is 39.0. The molecule has 0 unspecified atom stereocenters. The van der Waals surface area contributed by atoms with E-state index in [0.717, 1.165) is 0 Å². The summed E-state index contributed by atoms with van der Waals surface area (Å²) in [5, 5.41) is 2.86. The first kappa shape index (κ1) is 27.4.